The standard InChI is InChI=1S/C19H29N3O2/c1-13(2)11-17(19(24)21-15-8-6-10-20-12-15)22-18(23)16-9-5-4-7-14(16)3/h4-5,7,9,13,15,17,20H,6,8,10-12H2,1-3H3,(H,21,24)(H,22,23). The summed E-state index contributed by atoms with van der Waals surface area (Å²) in [5, 5.41) is 9.29. The van der Waals surface area contributed by atoms with E-state index in [1.165, 1.54) is 0 Å². The lowest BCUT2D eigenvalue weighted by Gasteiger charge is -2.27. The van der Waals surface area contributed by atoms with Crippen molar-refractivity contribution in [2.24, 2.45) is 5.92 Å². The van der Waals surface area contributed by atoms with Crippen molar-refractivity contribution in [2.45, 2.75) is 52.1 Å². The largest absolute Gasteiger partial charge is 0.350 e. The Morgan fingerprint density at radius 1 is 1.29 bits per heavy atom. The van der Waals surface area contributed by atoms with Gasteiger partial charge in [-0.3, -0.25) is 9.59 Å². The van der Waals surface area contributed by atoms with Crippen LogP contribution in [0.1, 0.15) is 49.0 Å². The second-order valence-corrected chi connectivity index (χ2v) is 7.02. The van der Waals surface area contributed by atoms with Gasteiger partial charge in [0.25, 0.3) is 5.91 Å². The summed E-state index contributed by atoms with van der Waals surface area (Å²) in [7, 11) is 0. The molecule has 2 amide bonds. The van der Waals surface area contributed by atoms with E-state index < -0.39 is 6.04 Å². The normalized spacial score (nSPS) is 18.9. The molecule has 0 aromatic heterocycles. The van der Waals surface area contributed by atoms with Crippen molar-refractivity contribution in [3.8, 4) is 0 Å². The van der Waals surface area contributed by atoms with Crippen LogP contribution in [-0.4, -0.2) is 37.0 Å². The van der Waals surface area contributed by atoms with E-state index in [0.717, 1.165) is 31.5 Å². The lowest BCUT2D eigenvalue weighted by molar-refractivity contribution is -0.124. The zero-order chi connectivity index (χ0) is 17.5. The first-order valence-electron chi connectivity index (χ1n) is 8.85. The minimum absolute atomic E-state index is 0.0839. The van der Waals surface area contributed by atoms with Crippen LogP contribution >= 0.6 is 0 Å². The lowest BCUT2D eigenvalue weighted by atomic mass is 10.0. The molecule has 1 aromatic carbocycles. The first-order chi connectivity index (χ1) is 11.5. The van der Waals surface area contributed by atoms with Crippen LogP contribution in [0, 0.1) is 12.8 Å². The van der Waals surface area contributed by atoms with Gasteiger partial charge in [0, 0.05) is 18.2 Å². The SMILES string of the molecule is Cc1ccccc1C(=O)NC(CC(C)C)C(=O)NC1CCCNC1. The molecule has 2 atom stereocenters. The molecule has 1 aliphatic rings. The summed E-state index contributed by atoms with van der Waals surface area (Å²) in [6.07, 6.45) is 2.68. The summed E-state index contributed by atoms with van der Waals surface area (Å²) in [4.78, 5) is 25.2. The van der Waals surface area contributed by atoms with E-state index >= 15 is 0 Å². The summed E-state index contributed by atoms with van der Waals surface area (Å²) in [5.74, 6) is 0.0532. The highest BCUT2D eigenvalue weighted by atomic mass is 16.2. The highest BCUT2D eigenvalue weighted by molar-refractivity contribution is 5.98. The minimum atomic E-state index is -0.501. The molecule has 0 spiro atoms. The van der Waals surface area contributed by atoms with Gasteiger partial charge in [0.1, 0.15) is 6.04 Å². The third-order valence-corrected chi connectivity index (χ3v) is 4.36. The monoisotopic (exact) mass is 331 g/mol. The van der Waals surface area contributed by atoms with Gasteiger partial charge < -0.3 is 16.0 Å². The number of piperidine rings is 1. The number of benzene rings is 1. The number of hydrogen-bond donors (Lipinski definition) is 3. The van der Waals surface area contributed by atoms with Gasteiger partial charge in [-0.2, -0.15) is 0 Å². The Balaban J connectivity index is 2.02. The molecule has 0 bridgehead atoms. The first-order valence-corrected chi connectivity index (χ1v) is 8.85. The number of carbonyl (C=O) groups excluding carboxylic acids is 2. The van der Waals surface area contributed by atoms with E-state index in [1.54, 1.807) is 6.07 Å². The Morgan fingerprint density at radius 2 is 2.04 bits per heavy atom. The van der Waals surface area contributed by atoms with Gasteiger partial charge in [0.2, 0.25) is 5.91 Å². The Labute approximate surface area is 144 Å². The fourth-order valence-electron chi connectivity index (χ4n) is 3.04. The van der Waals surface area contributed by atoms with Gasteiger partial charge in [-0.05, 0) is 50.3 Å². The number of hydrogen-bond acceptors (Lipinski definition) is 3. The van der Waals surface area contributed by atoms with Crippen molar-refractivity contribution >= 4 is 11.8 Å². The van der Waals surface area contributed by atoms with E-state index in [2.05, 4.69) is 29.8 Å². The molecule has 2 rings (SSSR count). The van der Waals surface area contributed by atoms with E-state index in [-0.39, 0.29) is 17.9 Å². The molecule has 3 N–H and O–H groups in total. The van der Waals surface area contributed by atoms with Crippen molar-refractivity contribution in [2.75, 3.05) is 13.1 Å². The van der Waals surface area contributed by atoms with Crippen LogP contribution in [0.3, 0.4) is 0 Å². The van der Waals surface area contributed by atoms with Gasteiger partial charge >= 0.3 is 0 Å². The van der Waals surface area contributed by atoms with Crippen molar-refractivity contribution in [3.05, 3.63) is 35.4 Å². The Morgan fingerprint density at radius 3 is 2.67 bits per heavy atom. The third kappa shape index (κ3) is 5.34. The molecule has 2 unspecified atom stereocenters. The van der Waals surface area contributed by atoms with Crippen LogP contribution < -0.4 is 16.0 Å². The molecule has 1 saturated heterocycles. The van der Waals surface area contributed by atoms with Gasteiger partial charge in [-0.25, -0.2) is 0 Å². The molecule has 132 valence electrons. The van der Waals surface area contributed by atoms with Crippen molar-refractivity contribution in [3.63, 3.8) is 0 Å². The van der Waals surface area contributed by atoms with Gasteiger partial charge in [0.15, 0.2) is 0 Å². The summed E-state index contributed by atoms with van der Waals surface area (Å²) in [6.45, 7) is 7.82. The maximum atomic E-state index is 12.6. The van der Waals surface area contributed by atoms with Crippen LogP contribution in [0.5, 0.6) is 0 Å². The molecule has 5 nitrogen and oxygen atoms in total. The third-order valence-electron chi connectivity index (χ3n) is 4.36. The second kappa shape index (κ2) is 8.83. The summed E-state index contributed by atoms with van der Waals surface area (Å²) in [5.41, 5.74) is 1.54. The highest BCUT2D eigenvalue weighted by Crippen LogP contribution is 2.11. The number of carbonyl (C=O) groups is 2. The van der Waals surface area contributed by atoms with Crippen molar-refractivity contribution in [1.82, 2.24) is 16.0 Å². The number of aryl methyl sites for hydroxylation is 1. The molecule has 1 aliphatic heterocycles. The average Bonchev–Trinajstić information content (AvgIpc) is 2.55. The van der Waals surface area contributed by atoms with Crippen molar-refractivity contribution in [1.29, 1.82) is 0 Å². The molecule has 1 fully saturated rings. The predicted molar refractivity (Wildman–Crippen MR) is 95.9 cm³/mol. The molecular weight excluding hydrogens is 302 g/mol. The fourth-order valence-corrected chi connectivity index (χ4v) is 3.04. The minimum Gasteiger partial charge on any atom is -0.350 e. The Hall–Kier alpha value is -1.88. The van der Waals surface area contributed by atoms with E-state index in [0.29, 0.717) is 17.9 Å². The maximum Gasteiger partial charge on any atom is 0.252 e. The van der Waals surface area contributed by atoms with Crippen LogP contribution in [-0.2, 0) is 4.79 Å². The number of nitrogens with one attached hydrogen (secondary N) is 3. The summed E-state index contributed by atoms with van der Waals surface area (Å²) < 4.78 is 0. The van der Waals surface area contributed by atoms with Crippen LogP contribution in [0.4, 0.5) is 0 Å². The number of amides is 2. The maximum absolute atomic E-state index is 12.6. The van der Waals surface area contributed by atoms with Gasteiger partial charge in [-0.1, -0.05) is 32.0 Å². The van der Waals surface area contributed by atoms with E-state index in [4.69, 9.17) is 0 Å². The molecule has 0 radical (unpaired) electrons. The summed E-state index contributed by atoms with van der Waals surface area (Å²) >= 11 is 0. The van der Waals surface area contributed by atoms with Crippen molar-refractivity contribution < 1.29 is 9.59 Å². The van der Waals surface area contributed by atoms with Crippen LogP contribution in [0.25, 0.3) is 0 Å². The van der Waals surface area contributed by atoms with E-state index in [9.17, 15) is 9.59 Å². The highest BCUT2D eigenvalue weighted by Gasteiger charge is 2.25. The van der Waals surface area contributed by atoms with Crippen LogP contribution in [0.2, 0.25) is 0 Å². The average molecular weight is 331 g/mol. The van der Waals surface area contributed by atoms with Gasteiger partial charge in [-0.15, -0.1) is 0 Å². The molecule has 24 heavy (non-hydrogen) atoms. The predicted octanol–water partition coefficient (Wildman–Crippen LogP) is 2.01. The zero-order valence-corrected chi connectivity index (χ0v) is 14.9. The molecule has 1 heterocycles. The molecular formula is C19H29N3O2. The molecule has 0 saturated carbocycles. The smallest absolute Gasteiger partial charge is 0.252 e. The molecule has 0 aliphatic carbocycles. The Kier molecular flexibility index (Phi) is 6.79. The summed E-state index contributed by atoms with van der Waals surface area (Å²) in [6, 6.07) is 7.09. The topological polar surface area (TPSA) is 70.2 Å². The quantitative estimate of drug-likeness (QED) is 0.747. The first kappa shape index (κ1) is 18.5. The fraction of sp³-hybridized carbons (Fsp3) is 0.579. The number of rotatable bonds is 6. The van der Waals surface area contributed by atoms with Gasteiger partial charge in [0.05, 0.1) is 0 Å². The molecule has 5 heteroatoms. The van der Waals surface area contributed by atoms with Crippen LogP contribution in [0.15, 0.2) is 24.3 Å². The zero-order valence-electron chi connectivity index (χ0n) is 14.9. The van der Waals surface area contributed by atoms with E-state index in [1.807, 2.05) is 25.1 Å². The molecule has 1 aromatic rings. The Bertz CT molecular complexity index is 565. The second-order valence-electron chi connectivity index (χ2n) is 7.02. The lowest BCUT2D eigenvalue weighted by Crippen LogP contribution is -2.53.